The summed E-state index contributed by atoms with van der Waals surface area (Å²) in [5.41, 5.74) is 0.855. The van der Waals surface area contributed by atoms with Crippen LogP contribution in [0.5, 0.6) is 0 Å². The number of thiophene rings is 1. The number of halogens is 1. The summed E-state index contributed by atoms with van der Waals surface area (Å²) in [6.07, 6.45) is 0.942. The van der Waals surface area contributed by atoms with Gasteiger partial charge in [0.1, 0.15) is 5.52 Å². The fourth-order valence-corrected chi connectivity index (χ4v) is 3.36. The van der Waals surface area contributed by atoms with E-state index >= 15 is 0 Å². The molecule has 3 rings (SSSR count). The molecule has 1 aliphatic heterocycles. The maximum atomic E-state index is 11.0. The number of carboxylic acids is 1. The van der Waals surface area contributed by atoms with Crippen molar-refractivity contribution in [1.29, 1.82) is 0 Å². The summed E-state index contributed by atoms with van der Waals surface area (Å²) in [7, 11) is 0. The molecule has 0 aromatic carbocycles. The van der Waals surface area contributed by atoms with Gasteiger partial charge in [-0.3, -0.25) is 0 Å². The number of aromatic nitrogens is 2. The number of nitrogens with zero attached hydrogens (tertiary/aromatic N) is 3. The zero-order chi connectivity index (χ0) is 13.4. The van der Waals surface area contributed by atoms with Crippen LogP contribution in [0.15, 0.2) is 16.0 Å². The molecular weight excluding hydrogens is 334 g/mol. The number of anilines is 1. The number of fused-ring (bicyclic) bond motifs is 1. The maximum Gasteiger partial charge on any atom is 0.334 e. The second-order valence-electron chi connectivity index (χ2n) is 4.11. The minimum absolute atomic E-state index is 0.266. The number of rotatable bonds is 2. The Morgan fingerprint density at radius 2 is 2.47 bits per heavy atom. The highest BCUT2D eigenvalue weighted by molar-refractivity contribution is 9.10. The fraction of sp³-hybridized carbons (Fsp3) is 0.364. The number of aliphatic carboxylic acids is 1. The molecule has 1 aliphatic rings. The highest BCUT2D eigenvalue weighted by Gasteiger charge is 2.27. The first kappa shape index (κ1) is 12.8. The van der Waals surface area contributed by atoms with Gasteiger partial charge in [-0.1, -0.05) is 0 Å². The Morgan fingerprint density at radius 1 is 1.63 bits per heavy atom. The van der Waals surface area contributed by atoms with Gasteiger partial charge in [0.05, 0.1) is 28.5 Å². The molecule has 1 atom stereocenters. The Morgan fingerprint density at radius 3 is 3.26 bits per heavy atom. The molecule has 0 amide bonds. The monoisotopic (exact) mass is 343 g/mol. The number of carbonyl (C=O) groups is 1. The van der Waals surface area contributed by atoms with Crippen molar-refractivity contribution in [2.45, 2.75) is 6.10 Å². The Labute approximate surface area is 121 Å². The first-order chi connectivity index (χ1) is 9.15. The van der Waals surface area contributed by atoms with Crippen LogP contribution in [0.3, 0.4) is 0 Å². The number of ether oxygens (including phenoxy) is 1. The second kappa shape index (κ2) is 5.03. The third kappa shape index (κ3) is 2.43. The van der Waals surface area contributed by atoms with Crippen LogP contribution < -0.4 is 4.90 Å². The molecule has 1 N–H and O–H groups in total. The van der Waals surface area contributed by atoms with Gasteiger partial charge in [0.15, 0.2) is 6.10 Å². The lowest BCUT2D eigenvalue weighted by Gasteiger charge is -2.30. The quantitative estimate of drug-likeness (QED) is 0.895. The summed E-state index contributed by atoms with van der Waals surface area (Å²) in [4.78, 5) is 21.6. The molecule has 1 saturated heterocycles. The lowest BCUT2D eigenvalue weighted by molar-refractivity contribution is -0.150. The smallest absolute Gasteiger partial charge is 0.334 e. The van der Waals surface area contributed by atoms with Gasteiger partial charge in [0, 0.05) is 11.9 Å². The van der Waals surface area contributed by atoms with E-state index in [-0.39, 0.29) is 6.54 Å². The van der Waals surface area contributed by atoms with E-state index in [1.165, 1.54) is 0 Å². The van der Waals surface area contributed by atoms with E-state index < -0.39 is 12.1 Å². The standard InChI is InChI=1S/C11H10BrN3O3S/c12-6-5-19-8-3-13-11(14-9(6)8)15-1-2-18-7(4-15)10(16)17/h3,5,7H,1-2,4H2,(H,16,17). The van der Waals surface area contributed by atoms with Crippen LogP contribution >= 0.6 is 27.3 Å². The molecule has 1 unspecified atom stereocenters. The lowest BCUT2D eigenvalue weighted by atomic mass is 10.3. The first-order valence-electron chi connectivity index (χ1n) is 5.64. The molecular formula is C11H10BrN3O3S. The largest absolute Gasteiger partial charge is 0.479 e. The molecule has 0 bridgehead atoms. The van der Waals surface area contributed by atoms with Crippen LogP contribution in [0.25, 0.3) is 10.2 Å². The minimum atomic E-state index is -0.956. The zero-order valence-corrected chi connectivity index (χ0v) is 12.1. The highest BCUT2D eigenvalue weighted by atomic mass is 79.9. The molecule has 3 heterocycles. The summed E-state index contributed by atoms with van der Waals surface area (Å²) in [6, 6.07) is 0. The van der Waals surface area contributed by atoms with Crippen molar-refractivity contribution in [3.8, 4) is 0 Å². The van der Waals surface area contributed by atoms with Crippen LogP contribution in [-0.4, -0.2) is 46.8 Å². The summed E-state index contributed by atoms with van der Waals surface area (Å²) in [5, 5.41) is 10.9. The second-order valence-corrected chi connectivity index (χ2v) is 5.88. The number of hydrogen-bond donors (Lipinski definition) is 1. The molecule has 2 aromatic rings. The van der Waals surface area contributed by atoms with Crippen LogP contribution in [0.1, 0.15) is 0 Å². The van der Waals surface area contributed by atoms with Crippen LogP contribution in [0.4, 0.5) is 5.95 Å². The lowest BCUT2D eigenvalue weighted by Crippen LogP contribution is -2.46. The van der Waals surface area contributed by atoms with Gasteiger partial charge >= 0.3 is 5.97 Å². The zero-order valence-electron chi connectivity index (χ0n) is 9.74. The Hall–Kier alpha value is -1.25. The summed E-state index contributed by atoms with van der Waals surface area (Å²) in [5.74, 6) is -0.413. The van der Waals surface area contributed by atoms with E-state index in [0.717, 1.165) is 14.7 Å². The molecule has 0 saturated carbocycles. The van der Waals surface area contributed by atoms with Crippen molar-refractivity contribution in [2.75, 3.05) is 24.6 Å². The molecule has 1 fully saturated rings. The van der Waals surface area contributed by atoms with Crippen molar-refractivity contribution in [1.82, 2.24) is 9.97 Å². The van der Waals surface area contributed by atoms with Crippen LogP contribution in [-0.2, 0) is 9.53 Å². The molecule has 0 spiro atoms. The molecule has 0 aliphatic carbocycles. The number of morpholine rings is 1. The Bertz CT molecular complexity index is 633. The van der Waals surface area contributed by atoms with Gasteiger partial charge in [0.25, 0.3) is 0 Å². The fourth-order valence-electron chi connectivity index (χ4n) is 1.92. The van der Waals surface area contributed by atoms with E-state index in [4.69, 9.17) is 9.84 Å². The average Bonchev–Trinajstić information content (AvgIpc) is 2.80. The van der Waals surface area contributed by atoms with Crippen LogP contribution in [0.2, 0.25) is 0 Å². The van der Waals surface area contributed by atoms with Gasteiger partial charge in [0.2, 0.25) is 5.95 Å². The van der Waals surface area contributed by atoms with E-state index in [0.29, 0.717) is 19.1 Å². The third-order valence-corrected chi connectivity index (χ3v) is 4.70. The van der Waals surface area contributed by atoms with Crippen molar-refractivity contribution in [3.63, 3.8) is 0 Å². The number of hydrogen-bond acceptors (Lipinski definition) is 6. The summed E-state index contributed by atoms with van der Waals surface area (Å²) < 4.78 is 7.11. The summed E-state index contributed by atoms with van der Waals surface area (Å²) >= 11 is 5.01. The van der Waals surface area contributed by atoms with Crippen molar-refractivity contribution in [2.24, 2.45) is 0 Å². The summed E-state index contributed by atoms with van der Waals surface area (Å²) in [6.45, 7) is 1.23. The SMILES string of the molecule is O=C(O)C1CN(c2ncc3scc(Br)c3n2)CCO1. The van der Waals surface area contributed by atoms with Gasteiger partial charge in [-0.2, -0.15) is 0 Å². The highest BCUT2D eigenvalue weighted by Crippen LogP contribution is 2.29. The van der Waals surface area contributed by atoms with E-state index in [1.54, 1.807) is 17.5 Å². The van der Waals surface area contributed by atoms with E-state index in [2.05, 4.69) is 25.9 Å². The van der Waals surface area contributed by atoms with E-state index in [1.807, 2.05) is 10.3 Å². The van der Waals surface area contributed by atoms with Gasteiger partial charge in [-0.25, -0.2) is 14.8 Å². The molecule has 6 nitrogen and oxygen atoms in total. The average molecular weight is 344 g/mol. The van der Waals surface area contributed by atoms with Crippen molar-refractivity contribution < 1.29 is 14.6 Å². The van der Waals surface area contributed by atoms with Crippen molar-refractivity contribution >= 4 is 49.4 Å². The Balaban J connectivity index is 1.90. The Kier molecular flexibility index (Phi) is 3.38. The van der Waals surface area contributed by atoms with Gasteiger partial charge in [-0.15, -0.1) is 11.3 Å². The van der Waals surface area contributed by atoms with Crippen LogP contribution in [0, 0.1) is 0 Å². The number of carboxylic acid groups (broad SMARTS) is 1. The molecule has 19 heavy (non-hydrogen) atoms. The van der Waals surface area contributed by atoms with Gasteiger partial charge in [-0.05, 0) is 15.9 Å². The minimum Gasteiger partial charge on any atom is -0.479 e. The normalized spacial score (nSPS) is 19.8. The van der Waals surface area contributed by atoms with E-state index in [9.17, 15) is 4.79 Å². The molecule has 8 heteroatoms. The maximum absolute atomic E-state index is 11.0. The topological polar surface area (TPSA) is 75.5 Å². The van der Waals surface area contributed by atoms with Crippen molar-refractivity contribution in [3.05, 3.63) is 16.0 Å². The molecule has 100 valence electrons. The molecule has 2 aromatic heterocycles. The first-order valence-corrected chi connectivity index (χ1v) is 7.31. The van der Waals surface area contributed by atoms with Gasteiger partial charge < -0.3 is 14.7 Å². The predicted molar refractivity (Wildman–Crippen MR) is 74.7 cm³/mol. The third-order valence-electron chi connectivity index (χ3n) is 2.88. The predicted octanol–water partition coefficient (Wildman–Crippen LogP) is 1.74. The molecule has 0 radical (unpaired) electrons.